The van der Waals surface area contributed by atoms with Crippen LogP contribution >= 0.6 is 0 Å². The van der Waals surface area contributed by atoms with E-state index >= 15 is 0 Å². The molecule has 0 bridgehead atoms. The first-order chi connectivity index (χ1) is 15.5. The molecule has 0 unspecified atom stereocenters. The lowest BCUT2D eigenvalue weighted by atomic mass is 10.0. The molecule has 0 radical (unpaired) electrons. The van der Waals surface area contributed by atoms with Crippen LogP contribution < -0.4 is 11.1 Å². The first-order valence-electron chi connectivity index (χ1n) is 12.1. The SMILES string of the molecule is C=C(CCC)Nc1ccc(-c2cccc(F)c2)cc1.C=C(CCCCCC)C1CC1.CN. The van der Waals surface area contributed by atoms with Gasteiger partial charge in [-0.2, -0.15) is 0 Å². The second kappa shape index (κ2) is 16.3. The molecule has 2 aromatic carbocycles. The molecule has 1 fully saturated rings. The predicted molar refractivity (Wildman–Crippen MR) is 140 cm³/mol. The van der Waals surface area contributed by atoms with E-state index in [1.807, 2.05) is 30.3 Å². The van der Waals surface area contributed by atoms with E-state index < -0.39 is 0 Å². The van der Waals surface area contributed by atoms with Crippen molar-refractivity contribution in [2.24, 2.45) is 11.7 Å². The van der Waals surface area contributed by atoms with E-state index in [4.69, 9.17) is 0 Å². The highest BCUT2D eigenvalue weighted by Crippen LogP contribution is 2.37. The van der Waals surface area contributed by atoms with Crippen molar-refractivity contribution in [2.45, 2.75) is 71.6 Å². The first-order valence-corrected chi connectivity index (χ1v) is 12.1. The van der Waals surface area contributed by atoms with Crippen LogP contribution in [0.25, 0.3) is 11.1 Å². The van der Waals surface area contributed by atoms with Crippen LogP contribution in [0.4, 0.5) is 10.1 Å². The quantitative estimate of drug-likeness (QED) is 0.272. The number of nitrogens with one attached hydrogen (secondary N) is 1. The number of hydrogen-bond acceptors (Lipinski definition) is 2. The number of benzene rings is 2. The van der Waals surface area contributed by atoms with Gasteiger partial charge in [-0.15, -0.1) is 0 Å². The van der Waals surface area contributed by atoms with E-state index in [1.165, 1.54) is 63.6 Å². The first kappa shape index (κ1) is 27.6. The summed E-state index contributed by atoms with van der Waals surface area (Å²) in [6, 6.07) is 14.6. The van der Waals surface area contributed by atoms with Crippen LogP contribution in [0.1, 0.15) is 71.6 Å². The molecular weight excluding hydrogens is 395 g/mol. The van der Waals surface area contributed by atoms with E-state index in [0.717, 1.165) is 41.3 Å². The summed E-state index contributed by atoms with van der Waals surface area (Å²) in [4.78, 5) is 0. The number of anilines is 1. The Balaban J connectivity index is 0.000000335. The molecule has 3 heteroatoms. The fraction of sp³-hybridized carbons (Fsp3) is 0.448. The fourth-order valence-electron chi connectivity index (χ4n) is 3.46. The van der Waals surface area contributed by atoms with Crippen LogP contribution in [0.2, 0.25) is 0 Å². The van der Waals surface area contributed by atoms with Crippen LogP contribution in [0.15, 0.2) is 73.0 Å². The number of halogens is 1. The Morgan fingerprint density at radius 2 is 1.59 bits per heavy atom. The zero-order valence-electron chi connectivity index (χ0n) is 20.4. The molecule has 2 nitrogen and oxygen atoms in total. The smallest absolute Gasteiger partial charge is 0.123 e. The van der Waals surface area contributed by atoms with Gasteiger partial charge in [-0.3, -0.25) is 0 Å². The normalized spacial score (nSPS) is 12.0. The van der Waals surface area contributed by atoms with Crippen molar-refractivity contribution in [3.05, 3.63) is 78.8 Å². The van der Waals surface area contributed by atoms with Crippen LogP contribution in [-0.2, 0) is 0 Å². The highest BCUT2D eigenvalue weighted by Gasteiger charge is 2.23. The van der Waals surface area contributed by atoms with Gasteiger partial charge in [-0.1, -0.05) is 82.5 Å². The summed E-state index contributed by atoms with van der Waals surface area (Å²) >= 11 is 0. The van der Waals surface area contributed by atoms with Crippen molar-refractivity contribution >= 4 is 5.69 Å². The molecule has 0 spiro atoms. The summed E-state index contributed by atoms with van der Waals surface area (Å²) in [5.41, 5.74) is 9.95. The molecule has 0 amide bonds. The molecule has 176 valence electrons. The van der Waals surface area contributed by atoms with Crippen LogP contribution in [-0.4, -0.2) is 7.05 Å². The Bertz CT molecular complexity index is 791. The molecule has 3 rings (SSSR count). The van der Waals surface area contributed by atoms with Crippen LogP contribution in [0, 0.1) is 11.7 Å². The Hall–Kier alpha value is -2.39. The zero-order chi connectivity index (χ0) is 23.8. The zero-order valence-corrected chi connectivity index (χ0v) is 20.4. The van der Waals surface area contributed by atoms with Gasteiger partial charge in [0.15, 0.2) is 0 Å². The van der Waals surface area contributed by atoms with Crippen LogP contribution in [0.3, 0.4) is 0 Å². The lowest BCUT2D eigenvalue weighted by molar-refractivity contribution is 0.628. The van der Waals surface area contributed by atoms with Crippen molar-refractivity contribution in [3.8, 4) is 11.1 Å². The van der Waals surface area contributed by atoms with Crippen molar-refractivity contribution < 1.29 is 4.39 Å². The molecule has 1 aliphatic carbocycles. The molecule has 0 saturated heterocycles. The number of allylic oxidation sites excluding steroid dienone is 2. The molecule has 2 aromatic rings. The molecule has 0 heterocycles. The topological polar surface area (TPSA) is 38.0 Å². The second-order valence-electron chi connectivity index (χ2n) is 8.31. The van der Waals surface area contributed by atoms with Gasteiger partial charge in [0.05, 0.1) is 0 Å². The molecule has 0 aromatic heterocycles. The van der Waals surface area contributed by atoms with Crippen molar-refractivity contribution in [1.29, 1.82) is 0 Å². The molecule has 0 aliphatic heterocycles. The average Bonchev–Trinajstić information content (AvgIpc) is 3.65. The summed E-state index contributed by atoms with van der Waals surface area (Å²) in [7, 11) is 1.50. The van der Waals surface area contributed by atoms with Crippen molar-refractivity contribution in [2.75, 3.05) is 12.4 Å². The maximum absolute atomic E-state index is 13.2. The average molecular weight is 439 g/mol. The van der Waals surface area contributed by atoms with E-state index in [2.05, 4.69) is 38.1 Å². The van der Waals surface area contributed by atoms with Gasteiger partial charge in [0.2, 0.25) is 0 Å². The number of nitrogens with two attached hydrogens (primary N) is 1. The van der Waals surface area contributed by atoms with Gasteiger partial charge in [0, 0.05) is 11.4 Å². The third-order valence-electron chi connectivity index (χ3n) is 5.42. The molecule has 32 heavy (non-hydrogen) atoms. The van der Waals surface area contributed by atoms with Gasteiger partial charge in [0.25, 0.3) is 0 Å². The maximum Gasteiger partial charge on any atom is 0.123 e. The lowest BCUT2D eigenvalue weighted by Crippen LogP contribution is -1.97. The number of rotatable bonds is 11. The van der Waals surface area contributed by atoms with E-state index in [9.17, 15) is 4.39 Å². The third kappa shape index (κ3) is 11.3. The Labute approximate surface area is 195 Å². The van der Waals surface area contributed by atoms with Crippen LogP contribution in [0.5, 0.6) is 0 Å². The Kier molecular flexibility index (Phi) is 14.1. The standard InChI is InChI=1S/C17H18FN.C11H20.CH5N/c1-3-5-13(2)19-17-10-8-14(9-11-17)15-6-4-7-16(18)12-15;1-3-4-5-6-7-10(2)11-8-9-11;1-2/h4,6-12,19H,2-3,5H2,1H3;11H,2-9H2,1H3;2H2,1H3. The summed E-state index contributed by atoms with van der Waals surface area (Å²) in [5, 5.41) is 3.26. The highest BCUT2D eigenvalue weighted by molar-refractivity contribution is 5.66. The van der Waals surface area contributed by atoms with Gasteiger partial charge in [-0.05, 0) is 80.5 Å². The van der Waals surface area contributed by atoms with Crippen molar-refractivity contribution in [1.82, 2.24) is 0 Å². The maximum atomic E-state index is 13.2. The minimum atomic E-state index is -0.212. The van der Waals surface area contributed by atoms with E-state index in [0.29, 0.717) is 0 Å². The second-order valence-corrected chi connectivity index (χ2v) is 8.31. The summed E-state index contributed by atoms with van der Waals surface area (Å²) in [6.45, 7) is 12.5. The Morgan fingerprint density at radius 1 is 0.906 bits per heavy atom. The lowest BCUT2D eigenvalue weighted by Gasteiger charge is -2.09. The summed E-state index contributed by atoms with van der Waals surface area (Å²) in [6.07, 6.45) is 11.7. The monoisotopic (exact) mass is 438 g/mol. The Morgan fingerprint density at radius 3 is 2.16 bits per heavy atom. The highest BCUT2D eigenvalue weighted by atomic mass is 19.1. The van der Waals surface area contributed by atoms with Gasteiger partial charge < -0.3 is 11.1 Å². The minimum Gasteiger partial charge on any atom is -0.359 e. The summed E-state index contributed by atoms with van der Waals surface area (Å²) in [5.74, 6) is 0.715. The molecule has 0 atom stereocenters. The van der Waals surface area contributed by atoms with E-state index in [1.54, 1.807) is 12.1 Å². The minimum absolute atomic E-state index is 0.212. The largest absolute Gasteiger partial charge is 0.359 e. The van der Waals surface area contributed by atoms with Gasteiger partial charge in [-0.25, -0.2) is 4.39 Å². The predicted octanol–water partition coefficient (Wildman–Crippen LogP) is 8.72. The molecular formula is C29H43FN2. The number of hydrogen-bond donors (Lipinski definition) is 2. The number of unbranched alkanes of at least 4 members (excludes halogenated alkanes) is 3. The summed E-state index contributed by atoms with van der Waals surface area (Å²) < 4.78 is 13.2. The third-order valence-corrected chi connectivity index (χ3v) is 5.42. The molecule has 3 N–H and O–H groups in total. The molecule has 1 aliphatic rings. The van der Waals surface area contributed by atoms with Crippen molar-refractivity contribution in [3.63, 3.8) is 0 Å². The van der Waals surface area contributed by atoms with Gasteiger partial charge >= 0.3 is 0 Å². The molecule has 1 saturated carbocycles. The van der Waals surface area contributed by atoms with E-state index in [-0.39, 0.29) is 5.82 Å². The fourth-order valence-corrected chi connectivity index (χ4v) is 3.46. The van der Waals surface area contributed by atoms with Gasteiger partial charge in [0.1, 0.15) is 5.82 Å².